The lowest BCUT2D eigenvalue weighted by atomic mass is 10.1. The van der Waals surface area contributed by atoms with Gasteiger partial charge in [-0.3, -0.25) is 14.2 Å². The number of carbonyl (C=O) groups is 1. The van der Waals surface area contributed by atoms with Gasteiger partial charge < -0.3 is 4.90 Å². The Morgan fingerprint density at radius 1 is 1.06 bits per heavy atom. The number of amides is 1. The van der Waals surface area contributed by atoms with E-state index in [0.29, 0.717) is 39.9 Å². The molecular formula is C26H32ClN3O2. The number of fused-ring (bicyclic) bond motifs is 1. The van der Waals surface area contributed by atoms with Gasteiger partial charge in [-0.1, -0.05) is 57.5 Å². The van der Waals surface area contributed by atoms with Crippen LogP contribution < -0.4 is 5.56 Å². The Bertz CT molecular complexity index is 1180. The molecule has 0 N–H and O–H groups in total. The van der Waals surface area contributed by atoms with Crippen molar-refractivity contribution in [3.8, 4) is 5.69 Å². The van der Waals surface area contributed by atoms with Crippen LogP contribution in [0, 0.1) is 18.8 Å². The van der Waals surface area contributed by atoms with E-state index in [9.17, 15) is 9.59 Å². The monoisotopic (exact) mass is 453 g/mol. The van der Waals surface area contributed by atoms with Crippen molar-refractivity contribution in [2.75, 3.05) is 6.54 Å². The molecule has 2 aromatic carbocycles. The minimum absolute atomic E-state index is 0.0509. The van der Waals surface area contributed by atoms with E-state index in [1.54, 1.807) is 16.7 Å². The molecule has 5 nitrogen and oxygen atoms in total. The minimum Gasteiger partial charge on any atom is -0.333 e. The van der Waals surface area contributed by atoms with E-state index in [1.807, 2.05) is 62.9 Å². The van der Waals surface area contributed by atoms with Crippen LogP contribution in [0.25, 0.3) is 16.6 Å². The Morgan fingerprint density at radius 2 is 1.75 bits per heavy atom. The second kappa shape index (κ2) is 9.86. The van der Waals surface area contributed by atoms with Crippen molar-refractivity contribution >= 4 is 28.4 Å². The van der Waals surface area contributed by atoms with E-state index >= 15 is 0 Å². The zero-order valence-corrected chi connectivity index (χ0v) is 20.5. The van der Waals surface area contributed by atoms with Crippen LogP contribution in [-0.2, 0) is 4.79 Å². The molecule has 6 heteroatoms. The van der Waals surface area contributed by atoms with Gasteiger partial charge in [-0.25, -0.2) is 4.98 Å². The van der Waals surface area contributed by atoms with Gasteiger partial charge in [-0.05, 0) is 56.0 Å². The number of hydrogen-bond acceptors (Lipinski definition) is 3. The molecule has 0 aliphatic rings. The summed E-state index contributed by atoms with van der Waals surface area (Å²) < 4.78 is 1.63. The third kappa shape index (κ3) is 4.73. The van der Waals surface area contributed by atoms with Crippen molar-refractivity contribution in [2.45, 2.75) is 54.0 Å². The number of para-hydroxylation sites is 1. The van der Waals surface area contributed by atoms with Gasteiger partial charge in [0, 0.05) is 17.5 Å². The Kier molecular flexibility index (Phi) is 7.40. The third-order valence-corrected chi connectivity index (χ3v) is 6.26. The van der Waals surface area contributed by atoms with Crippen LogP contribution >= 0.6 is 11.6 Å². The first-order valence-electron chi connectivity index (χ1n) is 11.2. The summed E-state index contributed by atoms with van der Waals surface area (Å²) in [5.74, 6) is 0.886. The number of halogens is 1. The van der Waals surface area contributed by atoms with Gasteiger partial charge in [-0.15, -0.1) is 0 Å². The summed E-state index contributed by atoms with van der Waals surface area (Å²) in [4.78, 5) is 33.6. The number of rotatable bonds is 7. The summed E-state index contributed by atoms with van der Waals surface area (Å²) in [6.45, 7) is 12.5. The molecule has 3 rings (SSSR count). The Hall–Kier alpha value is -2.66. The summed E-state index contributed by atoms with van der Waals surface area (Å²) in [7, 11) is 0. The molecule has 1 aromatic heterocycles. The largest absolute Gasteiger partial charge is 0.333 e. The van der Waals surface area contributed by atoms with Crippen LogP contribution in [0.2, 0.25) is 5.02 Å². The SMILES string of the molecule is Cc1c(Cl)cccc1-n1c(C(C)N(CCC(C)C)C(=O)C(C)C)nc2ccccc2c1=O. The molecule has 170 valence electrons. The smallest absolute Gasteiger partial charge is 0.266 e. The van der Waals surface area contributed by atoms with Crippen molar-refractivity contribution in [3.63, 3.8) is 0 Å². The predicted molar refractivity (Wildman–Crippen MR) is 132 cm³/mol. The molecule has 3 aromatic rings. The predicted octanol–water partition coefficient (Wildman–Crippen LogP) is 5.94. The lowest BCUT2D eigenvalue weighted by Gasteiger charge is -2.32. The van der Waals surface area contributed by atoms with Crippen LogP contribution in [0.5, 0.6) is 0 Å². The molecule has 0 spiro atoms. The average Bonchev–Trinajstić information content (AvgIpc) is 2.75. The highest BCUT2D eigenvalue weighted by molar-refractivity contribution is 6.31. The maximum absolute atomic E-state index is 13.7. The highest BCUT2D eigenvalue weighted by atomic mass is 35.5. The van der Waals surface area contributed by atoms with E-state index in [2.05, 4.69) is 13.8 Å². The average molecular weight is 454 g/mol. The highest BCUT2D eigenvalue weighted by Crippen LogP contribution is 2.28. The fraction of sp³-hybridized carbons (Fsp3) is 0.423. The second-order valence-electron chi connectivity index (χ2n) is 9.06. The standard InChI is InChI=1S/C26H32ClN3O2/c1-16(2)14-15-29(25(31)17(3)4)19(6)24-28-22-12-8-7-10-20(22)26(32)30(24)23-13-9-11-21(27)18(23)5/h7-13,16-17,19H,14-15H2,1-6H3. The summed E-state index contributed by atoms with van der Waals surface area (Å²) in [6.07, 6.45) is 0.872. The maximum atomic E-state index is 13.7. The molecule has 0 aliphatic heterocycles. The van der Waals surface area contributed by atoms with E-state index in [0.717, 1.165) is 12.0 Å². The van der Waals surface area contributed by atoms with Crippen LogP contribution in [0.15, 0.2) is 47.3 Å². The first-order valence-corrected chi connectivity index (χ1v) is 11.6. The van der Waals surface area contributed by atoms with Crippen LogP contribution in [0.1, 0.15) is 58.5 Å². The topological polar surface area (TPSA) is 55.2 Å². The maximum Gasteiger partial charge on any atom is 0.266 e. The quantitative estimate of drug-likeness (QED) is 0.444. The van der Waals surface area contributed by atoms with Gasteiger partial charge in [0.05, 0.1) is 22.6 Å². The molecule has 1 heterocycles. The van der Waals surface area contributed by atoms with Crippen molar-refractivity contribution in [1.29, 1.82) is 0 Å². The molecule has 0 radical (unpaired) electrons. The molecule has 1 unspecified atom stereocenters. The Morgan fingerprint density at radius 3 is 2.41 bits per heavy atom. The Labute approximate surface area is 195 Å². The van der Waals surface area contributed by atoms with Crippen molar-refractivity contribution in [2.24, 2.45) is 11.8 Å². The van der Waals surface area contributed by atoms with Gasteiger partial charge in [0.1, 0.15) is 5.82 Å². The van der Waals surface area contributed by atoms with Crippen LogP contribution in [-0.4, -0.2) is 26.9 Å². The number of nitrogens with zero attached hydrogens (tertiary/aromatic N) is 3. The van der Waals surface area contributed by atoms with Gasteiger partial charge in [0.25, 0.3) is 5.56 Å². The van der Waals surface area contributed by atoms with Crippen LogP contribution in [0.4, 0.5) is 0 Å². The van der Waals surface area contributed by atoms with E-state index in [4.69, 9.17) is 16.6 Å². The molecular weight excluding hydrogens is 422 g/mol. The van der Waals surface area contributed by atoms with Crippen LogP contribution in [0.3, 0.4) is 0 Å². The fourth-order valence-corrected chi connectivity index (χ4v) is 4.03. The zero-order chi connectivity index (χ0) is 23.6. The summed E-state index contributed by atoms with van der Waals surface area (Å²) in [6, 6.07) is 12.4. The van der Waals surface area contributed by atoms with Crippen molar-refractivity contribution in [1.82, 2.24) is 14.5 Å². The lowest BCUT2D eigenvalue weighted by molar-refractivity contribution is -0.137. The highest BCUT2D eigenvalue weighted by Gasteiger charge is 2.28. The number of benzene rings is 2. The zero-order valence-electron chi connectivity index (χ0n) is 19.7. The third-order valence-electron chi connectivity index (χ3n) is 5.85. The van der Waals surface area contributed by atoms with Gasteiger partial charge in [-0.2, -0.15) is 0 Å². The second-order valence-corrected chi connectivity index (χ2v) is 9.46. The summed E-state index contributed by atoms with van der Waals surface area (Å²) >= 11 is 6.41. The summed E-state index contributed by atoms with van der Waals surface area (Å²) in [5.41, 5.74) is 1.94. The molecule has 0 fully saturated rings. The normalized spacial score (nSPS) is 12.5. The first-order chi connectivity index (χ1) is 15.1. The number of aromatic nitrogens is 2. The molecule has 1 atom stereocenters. The summed E-state index contributed by atoms with van der Waals surface area (Å²) in [5, 5.41) is 1.11. The van der Waals surface area contributed by atoms with E-state index in [-0.39, 0.29) is 23.4 Å². The number of hydrogen-bond donors (Lipinski definition) is 0. The van der Waals surface area contributed by atoms with Gasteiger partial charge in [0.15, 0.2) is 0 Å². The van der Waals surface area contributed by atoms with Gasteiger partial charge in [0.2, 0.25) is 5.91 Å². The minimum atomic E-state index is -0.390. The van der Waals surface area contributed by atoms with Crippen molar-refractivity contribution < 1.29 is 4.79 Å². The fourth-order valence-electron chi connectivity index (χ4n) is 3.86. The molecule has 0 bridgehead atoms. The van der Waals surface area contributed by atoms with Crippen molar-refractivity contribution in [3.05, 3.63) is 69.2 Å². The molecule has 32 heavy (non-hydrogen) atoms. The molecule has 0 saturated carbocycles. The van der Waals surface area contributed by atoms with E-state index < -0.39 is 0 Å². The Balaban J connectivity index is 2.28. The molecule has 1 amide bonds. The number of carbonyl (C=O) groups excluding carboxylic acids is 1. The molecule has 0 saturated heterocycles. The molecule has 0 aliphatic carbocycles. The van der Waals surface area contributed by atoms with Gasteiger partial charge >= 0.3 is 0 Å². The first kappa shape index (κ1) is 24.0. The van der Waals surface area contributed by atoms with E-state index in [1.165, 1.54) is 0 Å². The lowest BCUT2D eigenvalue weighted by Crippen LogP contribution is -2.40.